The van der Waals surface area contributed by atoms with Crippen molar-refractivity contribution in [2.75, 3.05) is 4.90 Å². The van der Waals surface area contributed by atoms with E-state index in [-0.39, 0.29) is 5.41 Å². The summed E-state index contributed by atoms with van der Waals surface area (Å²) in [6.07, 6.45) is 0. The Morgan fingerprint density at radius 3 is 1.71 bits per heavy atom. The molecular formula is C57H41NS. The average molecular weight is 772 g/mol. The third kappa shape index (κ3) is 5.91. The van der Waals surface area contributed by atoms with E-state index in [1.165, 1.54) is 86.9 Å². The maximum Gasteiger partial charge on any atom is 0.0546 e. The third-order valence-corrected chi connectivity index (χ3v) is 13.5. The topological polar surface area (TPSA) is 3.24 Å². The number of anilines is 3. The molecule has 0 amide bonds. The SMILES string of the molecule is CC1(C)c2ccccc2-c2cc(N(c3ccc(-c4ccc5sc6ccccc6c5c4)cc3)c3cccc(-c4ccccc4)c3-c3ccccc3-c3ccccc3)ccc21. The normalized spacial score (nSPS) is 12.7. The Morgan fingerprint density at radius 2 is 0.932 bits per heavy atom. The summed E-state index contributed by atoms with van der Waals surface area (Å²) in [7, 11) is 0. The van der Waals surface area contributed by atoms with Crippen LogP contribution in [-0.4, -0.2) is 0 Å². The molecule has 9 aromatic carbocycles. The summed E-state index contributed by atoms with van der Waals surface area (Å²) in [6.45, 7) is 4.71. The minimum Gasteiger partial charge on any atom is -0.310 e. The molecule has 0 spiro atoms. The predicted molar refractivity (Wildman–Crippen MR) is 253 cm³/mol. The van der Waals surface area contributed by atoms with Crippen molar-refractivity contribution in [1.29, 1.82) is 0 Å². The van der Waals surface area contributed by atoms with Gasteiger partial charge in [0.25, 0.3) is 0 Å². The Bertz CT molecular complexity index is 3170. The molecule has 2 heteroatoms. The molecule has 280 valence electrons. The van der Waals surface area contributed by atoms with Crippen LogP contribution < -0.4 is 4.90 Å². The summed E-state index contributed by atoms with van der Waals surface area (Å²) in [5.41, 5.74) is 18.2. The van der Waals surface area contributed by atoms with Crippen LogP contribution in [0.2, 0.25) is 0 Å². The Kier molecular flexibility index (Phi) is 8.43. The number of hydrogen-bond acceptors (Lipinski definition) is 2. The van der Waals surface area contributed by atoms with Gasteiger partial charge in [0.05, 0.1) is 5.69 Å². The molecule has 11 rings (SSSR count). The lowest BCUT2D eigenvalue weighted by atomic mass is 9.82. The molecule has 59 heavy (non-hydrogen) atoms. The highest BCUT2D eigenvalue weighted by Crippen LogP contribution is 2.53. The van der Waals surface area contributed by atoms with Crippen LogP contribution in [0.25, 0.3) is 75.8 Å². The molecule has 0 saturated carbocycles. The van der Waals surface area contributed by atoms with Crippen LogP contribution in [0, 0.1) is 0 Å². The van der Waals surface area contributed by atoms with Crippen LogP contribution >= 0.6 is 11.3 Å². The van der Waals surface area contributed by atoms with Gasteiger partial charge in [0.1, 0.15) is 0 Å². The monoisotopic (exact) mass is 771 g/mol. The average Bonchev–Trinajstić information content (AvgIpc) is 3.78. The van der Waals surface area contributed by atoms with Gasteiger partial charge in [-0.05, 0) is 110 Å². The zero-order chi connectivity index (χ0) is 39.5. The molecule has 1 aliphatic carbocycles. The molecule has 10 aromatic rings. The van der Waals surface area contributed by atoms with Crippen molar-refractivity contribution in [2.24, 2.45) is 0 Å². The lowest BCUT2D eigenvalue weighted by molar-refractivity contribution is 0.660. The van der Waals surface area contributed by atoms with E-state index in [4.69, 9.17) is 0 Å². The molecule has 1 nitrogen and oxygen atoms in total. The highest BCUT2D eigenvalue weighted by atomic mass is 32.1. The fourth-order valence-electron chi connectivity index (χ4n) is 9.42. The highest BCUT2D eigenvalue weighted by Gasteiger charge is 2.36. The van der Waals surface area contributed by atoms with Gasteiger partial charge >= 0.3 is 0 Å². The van der Waals surface area contributed by atoms with Gasteiger partial charge in [0.15, 0.2) is 0 Å². The first-order valence-electron chi connectivity index (χ1n) is 20.4. The molecule has 0 aliphatic heterocycles. The first kappa shape index (κ1) is 35.2. The Hall–Kier alpha value is -7.00. The van der Waals surface area contributed by atoms with Gasteiger partial charge in [0.2, 0.25) is 0 Å². The van der Waals surface area contributed by atoms with E-state index in [2.05, 4.69) is 231 Å². The molecule has 0 radical (unpaired) electrons. The number of fused-ring (bicyclic) bond motifs is 6. The molecule has 0 saturated heterocycles. The van der Waals surface area contributed by atoms with Crippen LogP contribution in [0.4, 0.5) is 17.1 Å². The minimum absolute atomic E-state index is 0.0845. The number of hydrogen-bond donors (Lipinski definition) is 0. The summed E-state index contributed by atoms with van der Waals surface area (Å²) in [4.78, 5) is 2.48. The van der Waals surface area contributed by atoms with E-state index in [0.29, 0.717) is 0 Å². The Morgan fingerprint density at radius 1 is 0.356 bits per heavy atom. The van der Waals surface area contributed by atoms with Crippen LogP contribution in [0.3, 0.4) is 0 Å². The molecule has 0 N–H and O–H groups in total. The molecule has 0 unspecified atom stereocenters. The van der Waals surface area contributed by atoms with E-state index in [1.54, 1.807) is 0 Å². The van der Waals surface area contributed by atoms with E-state index in [9.17, 15) is 0 Å². The van der Waals surface area contributed by atoms with Crippen molar-refractivity contribution in [3.63, 3.8) is 0 Å². The van der Waals surface area contributed by atoms with Gasteiger partial charge in [-0.15, -0.1) is 11.3 Å². The quantitative estimate of drug-likeness (QED) is 0.156. The zero-order valence-electron chi connectivity index (χ0n) is 33.1. The zero-order valence-corrected chi connectivity index (χ0v) is 33.9. The predicted octanol–water partition coefficient (Wildman–Crippen LogP) is 16.5. The van der Waals surface area contributed by atoms with E-state index in [1.807, 2.05) is 11.3 Å². The molecule has 1 aliphatic rings. The standard InChI is InChI=1S/C57H41NS/c1-57(2)51-25-13-11-21-46(51)49-37-43(33-34-52(49)57)58(42-31-28-38(29-32-42)41-30-35-55-50(36-41)47-22-12-14-27-54(47)59-55)53-26-15-24-45(40-18-7-4-8-19-40)56(53)48-23-10-9-20-44(48)39-16-5-3-6-17-39/h3-37H,1-2H3. The van der Waals surface area contributed by atoms with Gasteiger partial charge in [0, 0.05) is 42.5 Å². The maximum atomic E-state index is 2.48. The lowest BCUT2D eigenvalue weighted by Crippen LogP contribution is -2.15. The van der Waals surface area contributed by atoms with Crippen LogP contribution in [0.15, 0.2) is 212 Å². The second-order valence-electron chi connectivity index (χ2n) is 16.1. The number of nitrogens with zero attached hydrogens (tertiary/aromatic N) is 1. The molecule has 1 heterocycles. The number of rotatable bonds is 7. The van der Waals surface area contributed by atoms with Crippen molar-refractivity contribution < 1.29 is 0 Å². The van der Waals surface area contributed by atoms with E-state index >= 15 is 0 Å². The van der Waals surface area contributed by atoms with Gasteiger partial charge < -0.3 is 4.90 Å². The Labute approximate surface area is 350 Å². The summed E-state index contributed by atoms with van der Waals surface area (Å²) in [6, 6.07) is 78.2. The van der Waals surface area contributed by atoms with Gasteiger partial charge in [-0.1, -0.05) is 178 Å². The van der Waals surface area contributed by atoms with Crippen molar-refractivity contribution >= 4 is 48.6 Å². The van der Waals surface area contributed by atoms with Gasteiger partial charge in [-0.25, -0.2) is 0 Å². The largest absolute Gasteiger partial charge is 0.310 e. The molecule has 0 atom stereocenters. The summed E-state index contributed by atoms with van der Waals surface area (Å²) >= 11 is 1.86. The Balaban J connectivity index is 1.14. The fraction of sp³-hybridized carbons (Fsp3) is 0.0526. The fourth-order valence-corrected chi connectivity index (χ4v) is 10.5. The minimum atomic E-state index is -0.0845. The lowest BCUT2D eigenvalue weighted by Gasteiger charge is -2.31. The maximum absolute atomic E-state index is 2.48. The van der Waals surface area contributed by atoms with Crippen molar-refractivity contribution in [1.82, 2.24) is 0 Å². The van der Waals surface area contributed by atoms with Crippen LogP contribution in [-0.2, 0) is 5.41 Å². The van der Waals surface area contributed by atoms with Crippen LogP contribution in [0.5, 0.6) is 0 Å². The van der Waals surface area contributed by atoms with Crippen molar-refractivity contribution in [2.45, 2.75) is 19.3 Å². The van der Waals surface area contributed by atoms with E-state index in [0.717, 1.165) is 17.1 Å². The second-order valence-corrected chi connectivity index (χ2v) is 17.2. The van der Waals surface area contributed by atoms with Crippen molar-refractivity contribution in [3.8, 4) is 55.6 Å². The smallest absolute Gasteiger partial charge is 0.0546 e. The first-order valence-corrected chi connectivity index (χ1v) is 21.2. The highest BCUT2D eigenvalue weighted by molar-refractivity contribution is 7.25. The molecule has 0 fully saturated rings. The first-order chi connectivity index (χ1) is 29.0. The summed E-state index contributed by atoms with van der Waals surface area (Å²) in [5, 5.41) is 2.63. The molecular weight excluding hydrogens is 731 g/mol. The van der Waals surface area contributed by atoms with Crippen LogP contribution in [0.1, 0.15) is 25.0 Å². The summed E-state index contributed by atoms with van der Waals surface area (Å²) in [5.74, 6) is 0. The van der Waals surface area contributed by atoms with Crippen molar-refractivity contribution in [3.05, 3.63) is 223 Å². The molecule has 1 aromatic heterocycles. The number of thiophene rings is 1. The van der Waals surface area contributed by atoms with E-state index < -0.39 is 0 Å². The second kappa shape index (κ2) is 14.1. The molecule has 0 bridgehead atoms. The van der Waals surface area contributed by atoms with Gasteiger partial charge in [-0.2, -0.15) is 0 Å². The summed E-state index contributed by atoms with van der Waals surface area (Å²) < 4.78 is 2.65. The van der Waals surface area contributed by atoms with Gasteiger partial charge in [-0.3, -0.25) is 0 Å². The number of benzene rings is 9. The third-order valence-electron chi connectivity index (χ3n) is 12.3.